The fourth-order valence-electron chi connectivity index (χ4n) is 1.71. The Morgan fingerprint density at radius 1 is 0.882 bits per heavy atom. The van der Waals surface area contributed by atoms with E-state index < -0.39 is 17.3 Å². The molecule has 0 unspecified atom stereocenters. The molecule has 0 N–H and O–H groups in total. The summed E-state index contributed by atoms with van der Waals surface area (Å²) in [6.45, 7) is 0. The third kappa shape index (κ3) is 1.66. The second-order valence-electron chi connectivity index (χ2n) is 3.66. The summed E-state index contributed by atoms with van der Waals surface area (Å²) in [6, 6.07) is 7.65. The maximum atomic E-state index is 11.7. The van der Waals surface area contributed by atoms with E-state index in [2.05, 4.69) is 0 Å². The zero-order chi connectivity index (χ0) is 12.0. The lowest BCUT2D eigenvalue weighted by molar-refractivity contribution is -0.142. The van der Waals surface area contributed by atoms with Gasteiger partial charge in [0.25, 0.3) is 5.78 Å². The molecule has 1 aliphatic carbocycles. The zero-order valence-corrected chi connectivity index (χ0v) is 10.2. The molecule has 0 aromatic heterocycles. The highest BCUT2D eigenvalue weighted by Gasteiger charge is 2.37. The van der Waals surface area contributed by atoms with Crippen LogP contribution in [-0.4, -0.2) is 17.3 Å². The number of carbonyl (C=O) groups excluding carboxylic acids is 3. The largest absolute Gasteiger partial charge is 0.290 e. The number of Topliss-reactive ketones (excluding diaryl/α,β-unsaturated/α-hetero) is 3. The molecule has 0 spiro atoms. The molecule has 1 aromatic carbocycles. The Morgan fingerprint density at radius 3 is 2.24 bits per heavy atom. The lowest BCUT2D eigenvalue weighted by atomic mass is 10.0. The van der Waals surface area contributed by atoms with Crippen molar-refractivity contribution >= 4 is 40.9 Å². The summed E-state index contributed by atoms with van der Waals surface area (Å²) < 4.78 is 0. The number of hydrogen-bond donors (Lipinski definition) is 0. The van der Waals surface area contributed by atoms with Gasteiger partial charge in [-0.1, -0.05) is 35.7 Å². The van der Waals surface area contributed by atoms with E-state index in [1.165, 1.54) is 23.5 Å². The summed E-state index contributed by atoms with van der Waals surface area (Å²) in [4.78, 5) is 37.5. The molecule has 3 rings (SSSR count). The van der Waals surface area contributed by atoms with Crippen molar-refractivity contribution in [2.45, 2.75) is 16.2 Å². The smallest absolute Gasteiger partial charge is 0.269 e. The summed E-state index contributed by atoms with van der Waals surface area (Å²) in [6.07, 6.45) is 0.0614. The van der Waals surface area contributed by atoms with Crippen LogP contribution in [0, 0.1) is 0 Å². The Kier molecular flexibility index (Phi) is 2.45. The molecule has 0 amide bonds. The van der Waals surface area contributed by atoms with Crippen molar-refractivity contribution in [3.63, 3.8) is 0 Å². The van der Waals surface area contributed by atoms with Crippen LogP contribution in [0.15, 0.2) is 43.9 Å². The highest BCUT2D eigenvalue weighted by Crippen LogP contribution is 2.49. The van der Waals surface area contributed by atoms with Gasteiger partial charge in [-0.2, -0.15) is 0 Å². The van der Waals surface area contributed by atoms with Crippen LogP contribution in [0.1, 0.15) is 6.42 Å². The van der Waals surface area contributed by atoms with Gasteiger partial charge in [0.05, 0.1) is 4.91 Å². The van der Waals surface area contributed by atoms with Crippen molar-refractivity contribution in [2.24, 2.45) is 0 Å². The number of thioether (sulfide) groups is 2. The highest BCUT2D eigenvalue weighted by molar-refractivity contribution is 8.10. The van der Waals surface area contributed by atoms with Gasteiger partial charge in [0.1, 0.15) is 0 Å². The topological polar surface area (TPSA) is 51.2 Å². The second kappa shape index (κ2) is 3.85. The number of fused-ring (bicyclic) bond motifs is 1. The molecule has 0 saturated carbocycles. The van der Waals surface area contributed by atoms with Gasteiger partial charge < -0.3 is 0 Å². The van der Waals surface area contributed by atoms with Crippen molar-refractivity contribution in [3.8, 4) is 0 Å². The first-order valence-electron chi connectivity index (χ1n) is 4.96. The number of ketones is 3. The lowest BCUT2D eigenvalue weighted by Crippen LogP contribution is -2.30. The molecule has 0 saturated heterocycles. The van der Waals surface area contributed by atoms with E-state index in [0.717, 1.165) is 9.79 Å². The third-order valence-corrected chi connectivity index (χ3v) is 5.18. The maximum absolute atomic E-state index is 11.7. The van der Waals surface area contributed by atoms with Gasteiger partial charge in [-0.25, -0.2) is 0 Å². The Bertz CT molecular complexity index is 602. The fourth-order valence-corrected chi connectivity index (χ4v) is 4.09. The molecule has 1 aromatic rings. The van der Waals surface area contributed by atoms with Crippen LogP contribution in [0.5, 0.6) is 0 Å². The van der Waals surface area contributed by atoms with Crippen LogP contribution in [0.3, 0.4) is 0 Å². The Hall–Kier alpha value is -1.33. The van der Waals surface area contributed by atoms with Crippen LogP contribution in [0.4, 0.5) is 0 Å². The quantitative estimate of drug-likeness (QED) is 0.671. The number of allylic oxidation sites excluding steroid dienone is 2. The molecule has 0 radical (unpaired) electrons. The molecule has 0 fully saturated rings. The molecular weight excluding hydrogens is 256 g/mol. The normalized spacial score (nSPS) is 19.2. The van der Waals surface area contributed by atoms with E-state index in [9.17, 15) is 14.4 Å². The zero-order valence-electron chi connectivity index (χ0n) is 8.56. The van der Waals surface area contributed by atoms with Crippen molar-refractivity contribution < 1.29 is 14.4 Å². The molecule has 5 heteroatoms. The van der Waals surface area contributed by atoms with Gasteiger partial charge in [-0.05, 0) is 12.1 Å². The summed E-state index contributed by atoms with van der Waals surface area (Å²) in [7, 11) is 0. The average Bonchev–Trinajstić information content (AvgIpc) is 2.34. The minimum absolute atomic E-state index is 0.0614. The van der Waals surface area contributed by atoms with E-state index in [-0.39, 0.29) is 6.42 Å². The first-order valence-corrected chi connectivity index (χ1v) is 6.60. The van der Waals surface area contributed by atoms with Gasteiger partial charge in [0.15, 0.2) is 0 Å². The van der Waals surface area contributed by atoms with E-state index in [0.29, 0.717) is 9.81 Å². The second-order valence-corrected chi connectivity index (χ2v) is 5.85. The fraction of sp³-hybridized carbons (Fsp3) is 0.0833. The third-order valence-electron chi connectivity index (χ3n) is 2.53. The summed E-state index contributed by atoms with van der Waals surface area (Å²) in [5, 5.41) is 0. The van der Waals surface area contributed by atoms with Gasteiger partial charge >= 0.3 is 0 Å². The molecule has 1 aliphatic heterocycles. The number of benzene rings is 1. The van der Waals surface area contributed by atoms with Crippen molar-refractivity contribution in [3.05, 3.63) is 34.1 Å². The number of rotatable bonds is 0. The molecule has 0 atom stereocenters. The standard InChI is InChI=1S/C12H6O3S2/c13-6-5-9-12(11(15)10(6)14)17-8-4-2-1-3-7(8)16-9/h1-4H,5H2. The SMILES string of the molecule is O=C1CC2=C(Sc3ccccc3S2)C(=O)C1=O. The van der Waals surface area contributed by atoms with Gasteiger partial charge in [0, 0.05) is 21.1 Å². The van der Waals surface area contributed by atoms with Gasteiger partial charge in [-0.15, -0.1) is 0 Å². The molecule has 1 heterocycles. The van der Waals surface area contributed by atoms with Crippen molar-refractivity contribution in [1.29, 1.82) is 0 Å². The molecule has 0 bridgehead atoms. The average molecular weight is 262 g/mol. The van der Waals surface area contributed by atoms with Gasteiger partial charge in [0.2, 0.25) is 11.6 Å². The minimum atomic E-state index is -0.878. The van der Waals surface area contributed by atoms with Crippen molar-refractivity contribution in [2.75, 3.05) is 0 Å². The Labute approximate surface area is 106 Å². The predicted octanol–water partition coefficient (Wildman–Crippen LogP) is 2.21. The van der Waals surface area contributed by atoms with Gasteiger partial charge in [-0.3, -0.25) is 14.4 Å². The number of carbonyl (C=O) groups is 3. The summed E-state index contributed by atoms with van der Waals surface area (Å²) in [5.41, 5.74) is 0. The molecular formula is C12H6O3S2. The van der Waals surface area contributed by atoms with Crippen LogP contribution in [0.25, 0.3) is 0 Å². The monoisotopic (exact) mass is 262 g/mol. The predicted molar refractivity (Wildman–Crippen MR) is 64.8 cm³/mol. The van der Waals surface area contributed by atoms with Crippen LogP contribution < -0.4 is 0 Å². The first kappa shape index (κ1) is 10.8. The summed E-state index contributed by atoms with van der Waals surface area (Å²) >= 11 is 2.71. The first-order chi connectivity index (χ1) is 8.16. The molecule has 3 nitrogen and oxygen atoms in total. The maximum Gasteiger partial charge on any atom is 0.269 e. The van der Waals surface area contributed by atoms with E-state index in [1.54, 1.807) is 0 Å². The Balaban J connectivity index is 2.08. The van der Waals surface area contributed by atoms with Crippen LogP contribution >= 0.6 is 23.5 Å². The Morgan fingerprint density at radius 2 is 1.53 bits per heavy atom. The molecule has 17 heavy (non-hydrogen) atoms. The summed E-state index contributed by atoms with van der Waals surface area (Å²) in [5.74, 6) is -2.12. The van der Waals surface area contributed by atoms with E-state index >= 15 is 0 Å². The van der Waals surface area contributed by atoms with Crippen LogP contribution in [0.2, 0.25) is 0 Å². The number of hydrogen-bond acceptors (Lipinski definition) is 5. The van der Waals surface area contributed by atoms with Crippen LogP contribution in [-0.2, 0) is 14.4 Å². The van der Waals surface area contributed by atoms with Crippen molar-refractivity contribution in [1.82, 2.24) is 0 Å². The minimum Gasteiger partial charge on any atom is -0.290 e. The highest BCUT2D eigenvalue weighted by atomic mass is 32.2. The lowest BCUT2D eigenvalue weighted by Gasteiger charge is -2.22. The van der Waals surface area contributed by atoms with E-state index in [4.69, 9.17) is 0 Å². The van der Waals surface area contributed by atoms with E-state index in [1.807, 2.05) is 24.3 Å². The molecule has 2 aliphatic rings. The molecule has 84 valence electrons.